The van der Waals surface area contributed by atoms with Crippen LogP contribution in [0.5, 0.6) is 0 Å². The van der Waals surface area contributed by atoms with Crippen molar-refractivity contribution in [2.45, 2.75) is 19.5 Å². The van der Waals surface area contributed by atoms with E-state index in [0.717, 1.165) is 36.5 Å². The van der Waals surface area contributed by atoms with Gasteiger partial charge in [-0.25, -0.2) is 4.79 Å². The maximum atomic E-state index is 12.4. The summed E-state index contributed by atoms with van der Waals surface area (Å²) in [6.45, 7) is 7.50. The van der Waals surface area contributed by atoms with Crippen LogP contribution in [-0.4, -0.2) is 71.9 Å². The van der Waals surface area contributed by atoms with E-state index in [1.54, 1.807) is 11.3 Å². The van der Waals surface area contributed by atoms with Gasteiger partial charge in [0.2, 0.25) is 5.91 Å². The van der Waals surface area contributed by atoms with E-state index in [1.807, 2.05) is 6.92 Å². The molecule has 1 N–H and O–H groups in total. The van der Waals surface area contributed by atoms with Crippen LogP contribution < -0.4 is 5.32 Å². The SMILES string of the molecule is C[C@@H](C(=O)N1CCNC1=O)N1CCN(Cc2ccc(Br)s2)CC1. The Morgan fingerprint density at radius 2 is 2.04 bits per heavy atom. The van der Waals surface area contributed by atoms with Gasteiger partial charge in [0.05, 0.1) is 9.83 Å². The summed E-state index contributed by atoms with van der Waals surface area (Å²) in [5.41, 5.74) is 0. The van der Waals surface area contributed by atoms with Gasteiger partial charge in [-0.3, -0.25) is 19.5 Å². The van der Waals surface area contributed by atoms with Crippen molar-refractivity contribution in [1.29, 1.82) is 0 Å². The fraction of sp³-hybridized carbons (Fsp3) is 0.600. The zero-order valence-electron chi connectivity index (χ0n) is 13.1. The van der Waals surface area contributed by atoms with Gasteiger partial charge in [0, 0.05) is 50.7 Å². The van der Waals surface area contributed by atoms with Crippen LogP contribution in [0.3, 0.4) is 0 Å². The van der Waals surface area contributed by atoms with E-state index < -0.39 is 0 Å². The minimum atomic E-state index is -0.260. The molecule has 0 aromatic carbocycles. The van der Waals surface area contributed by atoms with Crippen molar-refractivity contribution in [1.82, 2.24) is 20.0 Å². The minimum Gasteiger partial charge on any atom is -0.336 e. The molecular formula is C15H21BrN4O2S. The molecule has 1 atom stereocenters. The second-order valence-electron chi connectivity index (χ2n) is 5.92. The number of urea groups is 1. The summed E-state index contributed by atoms with van der Waals surface area (Å²) in [6.07, 6.45) is 0. The summed E-state index contributed by atoms with van der Waals surface area (Å²) in [4.78, 5) is 31.3. The normalized spacial score (nSPS) is 21.5. The molecule has 23 heavy (non-hydrogen) atoms. The molecule has 3 rings (SSSR count). The molecule has 2 aliphatic rings. The Labute approximate surface area is 148 Å². The highest BCUT2D eigenvalue weighted by Crippen LogP contribution is 2.23. The molecular weight excluding hydrogens is 380 g/mol. The number of piperazine rings is 1. The predicted molar refractivity (Wildman–Crippen MR) is 93.4 cm³/mol. The van der Waals surface area contributed by atoms with Crippen molar-refractivity contribution in [2.75, 3.05) is 39.3 Å². The van der Waals surface area contributed by atoms with Crippen LogP contribution in [0.1, 0.15) is 11.8 Å². The van der Waals surface area contributed by atoms with E-state index >= 15 is 0 Å². The van der Waals surface area contributed by atoms with E-state index in [-0.39, 0.29) is 18.0 Å². The number of nitrogens with one attached hydrogen (secondary N) is 1. The Balaban J connectivity index is 1.50. The van der Waals surface area contributed by atoms with Crippen LogP contribution in [0.15, 0.2) is 15.9 Å². The Hall–Kier alpha value is -0.960. The molecule has 6 nitrogen and oxygen atoms in total. The summed E-state index contributed by atoms with van der Waals surface area (Å²) in [5, 5.41) is 2.68. The number of hydrogen-bond donors (Lipinski definition) is 1. The molecule has 0 saturated carbocycles. The second kappa shape index (κ2) is 7.29. The average Bonchev–Trinajstić information content (AvgIpc) is 3.15. The van der Waals surface area contributed by atoms with Crippen molar-refractivity contribution < 1.29 is 9.59 Å². The lowest BCUT2D eigenvalue weighted by atomic mass is 10.2. The van der Waals surface area contributed by atoms with Crippen molar-refractivity contribution >= 4 is 39.2 Å². The van der Waals surface area contributed by atoms with E-state index in [9.17, 15) is 9.59 Å². The van der Waals surface area contributed by atoms with Gasteiger partial charge in [-0.05, 0) is 35.0 Å². The molecule has 3 heterocycles. The maximum Gasteiger partial charge on any atom is 0.324 e. The second-order valence-corrected chi connectivity index (χ2v) is 8.46. The maximum absolute atomic E-state index is 12.4. The number of thiophene rings is 1. The van der Waals surface area contributed by atoms with Gasteiger partial charge in [-0.2, -0.15) is 0 Å². The number of hydrogen-bond acceptors (Lipinski definition) is 5. The Bertz CT molecular complexity index is 586. The molecule has 2 saturated heterocycles. The first-order chi connectivity index (χ1) is 11.0. The van der Waals surface area contributed by atoms with Crippen LogP contribution in [-0.2, 0) is 11.3 Å². The van der Waals surface area contributed by atoms with Crippen LogP contribution in [0.25, 0.3) is 0 Å². The molecule has 3 amide bonds. The summed E-state index contributed by atoms with van der Waals surface area (Å²) >= 11 is 5.26. The Morgan fingerprint density at radius 3 is 2.61 bits per heavy atom. The predicted octanol–water partition coefficient (Wildman–Crippen LogP) is 1.57. The third-order valence-corrected chi connectivity index (χ3v) is 6.05. The average molecular weight is 401 g/mol. The highest BCUT2D eigenvalue weighted by Gasteiger charge is 2.33. The topological polar surface area (TPSA) is 55.9 Å². The van der Waals surface area contributed by atoms with Gasteiger partial charge in [-0.1, -0.05) is 0 Å². The van der Waals surface area contributed by atoms with Gasteiger partial charge in [0.15, 0.2) is 0 Å². The number of imide groups is 1. The smallest absolute Gasteiger partial charge is 0.324 e. The number of halogens is 1. The van der Waals surface area contributed by atoms with Gasteiger partial charge in [0.25, 0.3) is 0 Å². The van der Waals surface area contributed by atoms with Crippen molar-refractivity contribution in [2.24, 2.45) is 0 Å². The lowest BCUT2D eigenvalue weighted by molar-refractivity contribution is -0.133. The number of rotatable bonds is 4. The van der Waals surface area contributed by atoms with Crippen LogP contribution in [0.2, 0.25) is 0 Å². The summed E-state index contributed by atoms with van der Waals surface area (Å²) in [6, 6.07) is 3.73. The van der Waals surface area contributed by atoms with E-state index in [0.29, 0.717) is 13.1 Å². The fourth-order valence-corrected chi connectivity index (χ4v) is 4.56. The third-order valence-electron chi connectivity index (χ3n) is 4.44. The molecule has 8 heteroatoms. The number of nitrogens with zero attached hydrogens (tertiary/aromatic N) is 3. The molecule has 126 valence electrons. The molecule has 0 unspecified atom stereocenters. The molecule has 1 aromatic rings. The van der Waals surface area contributed by atoms with Gasteiger partial charge in [-0.15, -0.1) is 11.3 Å². The fourth-order valence-electron chi connectivity index (χ4n) is 3.03. The largest absolute Gasteiger partial charge is 0.336 e. The Kier molecular flexibility index (Phi) is 5.35. The highest BCUT2D eigenvalue weighted by atomic mass is 79.9. The monoisotopic (exact) mass is 400 g/mol. The zero-order valence-corrected chi connectivity index (χ0v) is 15.5. The van der Waals surface area contributed by atoms with Crippen molar-refractivity contribution in [3.05, 3.63) is 20.8 Å². The zero-order chi connectivity index (χ0) is 16.4. The number of amides is 3. The first-order valence-corrected chi connectivity index (χ1v) is 9.45. The lowest BCUT2D eigenvalue weighted by Crippen LogP contribution is -2.54. The number of carbonyl (C=O) groups is 2. The Morgan fingerprint density at radius 1 is 1.30 bits per heavy atom. The van der Waals surface area contributed by atoms with E-state index in [4.69, 9.17) is 0 Å². The molecule has 1 aromatic heterocycles. The van der Waals surface area contributed by atoms with Gasteiger partial charge >= 0.3 is 6.03 Å². The van der Waals surface area contributed by atoms with Gasteiger partial charge in [0.1, 0.15) is 0 Å². The molecule has 2 fully saturated rings. The van der Waals surface area contributed by atoms with Crippen LogP contribution in [0, 0.1) is 0 Å². The van der Waals surface area contributed by atoms with Crippen molar-refractivity contribution in [3.63, 3.8) is 0 Å². The number of carbonyl (C=O) groups excluding carboxylic acids is 2. The third kappa shape index (κ3) is 3.93. The molecule has 0 aliphatic carbocycles. The summed E-state index contributed by atoms with van der Waals surface area (Å²) in [7, 11) is 0. The van der Waals surface area contributed by atoms with Crippen LogP contribution in [0.4, 0.5) is 4.79 Å². The molecule has 2 aliphatic heterocycles. The molecule has 0 bridgehead atoms. The quantitative estimate of drug-likeness (QED) is 0.833. The standard InChI is InChI=1S/C15H21BrN4O2S/c1-11(14(21)20-5-4-17-15(20)22)19-8-6-18(7-9-19)10-12-2-3-13(16)23-12/h2-3,11H,4-10H2,1H3,(H,17,22)/t11-/m0/s1. The lowest BCUT2D eigenvalue weighted by Gasteiger charge is -2.37. The van der Waals surface area contributed by atoms with Gasteiger partial charge < -0.3 is 5.32 Å². The molecule has 0 radical (unpaired) electrons. The summed E-state index contributed by atoms with van der Waals surface area (Å²) in [5.74, 6) is -0.0874. The van der Waals surface area contributed by atoms with Crippen molar-refractivity contribution in [3.8, 4) is 0 Å². The van der Waals surface area contributed by atoms with E-state index in [2.05, 4.69) is 43.2 Å². The summed E-state index contributed by atoms with van der Waals surface area (Å²) < 4.78 is 1.16. The van der Waals surface area contributed by atoms with E-state index in [1.165, 1.54) is 9.78 Å². The molecule has 0 spiro atoms. The van der Waals surface area contributed by atoms with Crippen LogP contribution >= 0.6 is 27.3 Å². The first-order valence-electron chi connectivity index (χ1n) is 7.84. The highest BCUT2D eigenvalue weighted by molar-refractivity contribution is 9.11. The first kappa shape index (κ1) is 16.9. The minimum absolute atomic E-state index is 0.0874.